The van der Waals surface area contributed by atoms with Gasteiger partial charge in [0.2, 0.25) is 0 Å². The van der Waals surface area contributed by atoms with E-state index in [0.29, 0.717) is 0 Å². The van der Waals surface area contributed by atoms with Crippen LogP contribution in [0.5, 0.6) is 0 Å². The molecule has 0 saturated heterocycles. The monoisotopic (exact) mass is 227 g/mol. The molecule has 0 atom stereocenters. The van der Waals surface area contributed by atoms with Gasteiger partial charge in [-0.2, -0.15) is 0 Å². The van der Waals surface area contributed by atoms with Crippen LogP contribution in [0.3, 0.4) is 0 Å². The molecule has 0 fully saturated rings. The van der Waals surface area contributed by atoms with E-state index < -0.39 is 0 Å². The molecule has 17 heavy (non-hydrogen) atoms. The summed E-state index contributed by atoms with van der Waals surface area (Å²) in [5, 5.41) is 2.02. The zero-order valence-electron chi connectivity index (χ0n) is 11.0. The Morgan fingerprint density at radius 2 is 1.82 bits per heavy atom. The third-order valence-electron chi connectivity index (χ3n) is 2.59. The molecule has 1 heterocycles. The molecule has 0 saturated carbocycles. The average molecular weight is 227 g/mol. The van der Waals surface area contributed by atoms with Crippen molar-refractivity contribution >= 4 is 13.2 Å². The molecule has 0 spiro atoms. The molecular weight excluding hydrogens is 206 g/mol. The van der Waals surface area contributed by atoms with Gasteiger partial charge in [-0.1, -0.05) is 48.6 Å². The van der Waals surface area contributed by atoms with Crippen molar-refractivity contribution in [3.8, 4) is 0 Å². The zero-order chi connectivity index (χ0) is 12.8. The van der Waals surface area contributed by atoms with Gasteiger partial charge in [-0.05, 0) is 32.9 Å². The van der Waals surface area contributed by atoms with Crippen molar-refractivity contribution in [2.45, 2.75) is 27.3 Å². The van der Waals surface area contributed by atoms with Crippen molar-refractivity contribution in [1.82, 2.24) is 4.57 Å². The number of allylic oxidation sites excluding steroid dienone is 6. The van der Waals surface area contributed by atoms with E-state index in [9.17, 15) is 0 Å². The Kier molecular flexibility index (Phi) is 4.77. The smallest absolute Gasteiger partial charge is 0.0441 e. The van der Waals surface area contributed by atoms with Gasteiger partial charge in [0.15, 0.2) is 0 Å². The van der Waals surface area contributed by atoms with Gasteiger partial charge in [0.05, 0.1) is 0 Å². The van der Waals surface area contributed by atoms with Crippen LogP contribution in [0.25, 0.3) is 13.2 Å². The summed E-state index contributed by atoms with van der Waals surface area (Å²) in [5.74, 6) is 0. The van der Waals surface area contributed by atoms with Gasteiger partial charge in [0.1, 0.15) is 0 Å². The summed E-state index contributed by atoms with van der Waals surface area (Å²) in [6, 6.07) is 4.00. The van der Waals surface area contributed by atoms with E-state index in [2.05, 4.69) is 43.7 Å². The molecule has 1 nitrogen and oxygen atoms in total. The Bertz CT molecular complexity index is 525. The van der Waals surface area contributed by atoms with E-state index in [4.69, 9.17) is 0 Å². The molecule has 1 rings (SSSR count). The lowest BCUT2D eigenvalue weighted by Gasteiger charge is -2.05. The number of rotatable bonds is 4. The fraction of sp³-hybridized carbons (Fsp3) is 0.250. The molecule has 0 aromatic carbocycles. The highest BCUT2D eigenvalue weighted by Crippen LogP contribution is 2.03. The lowest BCUT2D eigenvalue weighted by atomic mass is 10.2. The van der Waals surface area contributed by atoms with Crippen LogP contribution in [-0.2, 0) is 6.54 Å². The summed E-state index contributed by atoms with van der Waals surface area (Å²) in [6.45, 7) is 15.1. The van der Waals surface area contributed by atoms with Gasteiger partial charge in [-0.15, -0.1) is 0 Å². The number of nitrogens with zero attached hydrogens (tertiary/aromatic N) is 1. The first-order valence-electron chi connectivity index (χ1n) is 5.84. The minimum absolute atomic E-state index is 0.853. The first-order chi connectivity index (χ1) is 8.04. The molecule has 0 bridgehead atoms. The summed E-state index contributed by atoms with van der Waals surface area (Å²) < 4.78 is 2.12. The number of hydrogen-bond acceptors (Lipinski definition) is 0. The first-order valence-corrected chi connectivity index (χ1v) is 5.84. The van der Waals surface area contributed by atoms with E-state index in [0.717, 1.165) is 17.2 Å². The lowest BCUT2D eigenvalue weighted by molar-refractivity contribution is 0.746. The molecule has 0 amide bonds. The van der Waals surface area contributed by atoms with E-state index in [1.807, 2.05) is 31.2 Å². The van der Waals surface area contributed by atoms with E-state index >= 15 is 0 Å². The second-order valence-corrected chi connectivity index (χ2v) is 4.33. The van der Waals surface area contributed by atoms with Gasteiger partial charge >= 0.3 is 0 Å². The molecule has 1 aromatic heterocycles. The Morgan fingerprint density at radius 1 is 1.24 bits per heavy atom. The Balaban J connectivity index is 2.86. The van der Waals surface area contributed by atoms with Crippen molar-refractivity contribution in [1.29, 1.82) is 0 Å². The van der Waals surface area contributed by atoms with Crippen molar-refractivity contribution in [2.24, 2.45) is 0 Å². The van der Waals surface area contributed by atoms with Crippen molar-refractivity contribution in [3.05, 3.63) is 58.3 Å². The highest BCUT2D eigenvalue weighted by atomic mass is 15.0. The predicted octanol–water partition coefficient (Wildman–Crippen LogP) is 2.78. The Morgan fingerprint density at radius 3 is 2.35 bits per heavy atom. The van der Waals surface area contributed by atoms with E-state index in [1.165, 1.54) is 11.1 Å². The fourth-order valence-corrected chi connectivity index (χ4v) is 1.74. The van der Waals surface area contributed by atoms with E-state index in [1.54, 1.807) is 0 Å². The van der Waals surface area contributed by atoms with Crippen LogP contribution in [0.2, 0.25) is 0 Å². The second kappa shape index (κ2) is 6.09. The lowest BCUT2D eigenvalue weighted by Crippen LogP contribution is -2.25. The highest BCUT2D eigenvalue weighted by Gasteiger charge is 1.95. The summed E-state index contributed by atoms with van der Waals surface area (Å²) in [6.07, 6.45) is 8.38. The molecule has 1 heteroatoms. The average Bonchev–Trinajstić information content (AvgIpc) is 2.58. The molecule has 0 aliphatic carbocycles. The predicted molar refractivity (Wildman–Crippen MR) is 77.1 cm³/mol. The molecule has 0 radical (unpaired) electrons. The minimum atomic E-state index is 0.853. The molecule has 0 N–H and O–H groups in total. The van der Waals surface area contributed by atoms with Crippen molar-refractivity contribution in [3.63, 3.8) is 0 Å². The summed E-state index contributed by atoms with van der Waals surface area (Å²) in [7, 11) is 0. The third kappa shape index (κ3) is 3.95. The van der Waals surface area contributed by atoms with Gasteiger partial charge in [0, 0.05) is 17.2 Å². The van der Waals surface area contributed by atoms with Crippen LogP contribution < -0.4 is 10.7 Å². The highest BCUT2D eigenvalue weighted by molar-refractivity contribution is 5.25. The maximum atomic E-state index is 3.99. The first kappa shape index (κ1) is 13.3. The van der Waals surface area contributed by atoms with Crippen LogP contribution in [0.4, 0.5) is 0 Å². The van der Waals surface area contributed by atoms with Gasteiger partial charge in [-0.3, -0.25) is 0 Å². The molecule has 1 aromatic rings. The number of hydrogen-bond donors (Lipinski definition) is 0. The minimum Gasteiger partial charge on any atom is -0.338 e. The van der Waals surface area contributed by atoms with E-state index in [-0.39, 0.29) is 0 Å². The standard InChI is InChI=1S/C16H21N/c1-6-7-8-13(2)11-14(3)12-17-15(4)9-10-16(17)5/h6-11H,4-5,12H2,1-3H3/b7-6-,13-8-,14-11+. The zero-order valence-corrected chi connectivity index (χ0v) is 11.0. The van der Waals surface area contributed by atoms with Crippen molar-refractivity contribution in [2.75, 3.05) is 0 Å². The summed E-state index contributed by atoms with van der Waals surface area (Å²) in [5.41, 5.74) is 2.55. The van der Waals surface area contributed by atoms with Gasteiger partial charge < -0.3 is 4.57 Å². The maximum absolute atomic E-state index is 3.99. The topological polar surface area (TPSA) is 4.93 Å². The summed E-state index contributed by atoms with van der Waals surface area (Å²) in [4.78, 5) is 0. The van der Waals surface area contributed by atoms with Crippen LogP contribution in [0.1, 0.15) is 20.8 Å². The molecular formula is C16H21N. The van der Waals surface area contributed by atoms with Crippen LogP contribution in [0.15, 0.2) is 47.6 Å². The van der Waals surface area contributed by atoms with Crippen molar-refractivity contribution < 1.29 is 0 Å². The quantitative estimate of drug-likeness (QED) is 0.697. The van der Waals surface area contributed by atoms with Crippen LogP contribution >= 0.6 is 0 Å². The largest absolute Gasteiger partial charge is 0.338 e. The Labute approximate surface area is 104 Å². The second-order valence-electron chi connectivity index (χ2n) is 4.33. The fourth-order valence-electron chi connectivity index (χ4n) is 1.74. The van der Waals surface area contributed by atoms with Gasteiger partial charge in [0.25, 0.3) is 0 Å². The van der Waals surface area contributed by atoms with Crippen LogP contribution in [-0.4, -0.2) is 4.57 Å². The Hall–Kier alpha value is -1.76. The SMILES string of the molecule is C=c1ccc(=C)n1C/C(C)=C/C(C)=C\C=C/C. The normalized spacial score (nSPS) is 13.6. The molecule has 0 aliphatic rings. The number of aromatic nitrogens is 1. The summed E-state index contributed by atoms with van der Waals surface area (Å²) >= 11 is 0. The molecule has 90 valence electrons. The maximum Gasteiger partial charge on any atom is 0.0441 e. The third-order valence-corrected chi connectivity index (χ3v) is 2.59. The van der Waals surface area contributed by atoms with Crippen LogP contribution in [0, 0.1) is 0 Å². The molecule has 0 aliphatic heterocycles. The molecule has 0 unspecified atom stereocenters. The van der Waals surface area contributed by atoms with Gasteiger partial charge in [-0.25, -0.2) is 0 Å².